The summed E-state index contributed by atoms with van der Waals surface area (Å²) in [5.41, 5.74) is 0.732. The first-order valence-corrected chi connectivity index (χ1v) is 9.14. The van der Waals surface area contributed by atoms with Crippen molar-refractivity contribution in [3.63, 3.8) is 0 Å². The summed E-state index contributed by atoms with van der Waals surface area (Å²) in [7, 11) is -3.63. The molecule has 1 aromatic rings. The normalized spacial score (nSPS) is 26.2. The number of alkyl halides is 1. The van der Waals surface area contributed by atoms with Crippen molar-refractivity contribution in [3.8, 4) is 0 Å². The quantitative estimate of drug-likeness (QED) is 0.838. The second-order valence-electron chi connectivity index (χ2n) is 6.52. The number of halogens is 1. The van der Waals surface area contributed by atoms with E-state index in [1.807, 2.05) is 6.92 Å². The van der Waals surface area contributed by atoms with Gasteiger partial charge in [-0.2, -0.15) is 4.31 Å². The number of hydrogen-bond acceptors (Lipinski definition) is 3. The lowest BCUT2D eigenvalue weighted by Gasteiger charge is -2.45. The first kappa shape index (κ1) is 15.9. The first-order valence-electron chi connectivity index (χ1n) is 7.70. The molecule has 0 N–H and O–H groups in total. The van der Waals surface area contributed by atoms with Crippen molar-refractivity contribution < 1.29 is 17.5 Å². The van der Waals surface area contributed by atoms with Gasteiger partial charge in [0.15, 0.2) is 0 Å². The number of aryl methyl sites for hydroxylation is 1. The predicted octanol–water partition coefficient (Wildman–Crippen LogP) is 2.52. The van der Waals surface area contributed by atoms with Crippen LogP contribution < -0.4 is 0 Å². The number of sulfonamides is 1. The summed E-state index contributed by atoms with van der Waals surface area (Å²) < 4.78 is 46.5. The number of piperidine rings is 1. The largest absolute Gasteiger partial charge is 0.381 e. The predicted molar refractivity (Wildman–Crippen MR) is 81.9 cm³/mol. The second-order valence-corrected chi connectivity index (χ2v) is 8.46. The molecular formula is C16H22FNO3S. The Morgan fingerprint density at radius 2 is 1.86 bits per heavy atom. The van der Waals surface area contributed by atoms with Crippen molar-refractivity contribution in [3.05, 3.63) is 29.8 Å². The molecule has 1 spiro atoms. The molecule has 0 radical (unpaired) electrons. The van der Waals surface area contributed by atoms with Crippen LogP contribution in [-0.4, -0.2) is 45.2 Å². The second kappa shape index (κ2) is 5.91. The third kappa shape index (κ3) is 3.05. The Labute approximate surface area is 131 Å². The molecule has 3 rings (SSSR count). The van der Waals surface area contributed by atoms with Gasteiger partial charge in [0, 0.05) is 26.3 Å². The van der Waals surface area contributed by atoms with E-state index in [-0.39, 0.29) is 16.9 Å². The highest BCUT2D eigenvalue weighted by atomic mass is 32.2. The van der Waals surface area contributed by atoms with Gasteiger partial charge in [-0.15, -0.1) is 0 Å². The third-order valence-electron chi connectivity index (χ3n) is 4.78. The molecule has 2 aliphatic rings. The van der Waals surface area contributed by atoms with E-state index in [2.05, 4.69) is 0 Å². The van der Waals surface area contributed by atoms with E-state index in [9.17, 15) is 12.8 Å². The highest BCUT2D eigenvalue weighted by Crippen LogP contribution is 2.41. The molecule has 0 saturated carbocycles. The first-order chi connectivity index (χ1) is 10.4. The minimum Gasteiger partial charge on any atom is -0.381 e. The lowest BCUT2D eigenvalue weighted by atomic mass is 9.74. The van der Waals surface area contributed by atoms with Crippen LogP contribution in [0.15, 0.2) is 29.2 Å². The zero-order valence-electron chi connectivity index (χ0n) is 12.8. The van der Waals surface area contributed by atoms with Crippen molar-refractivity contribution in [1.29, 1.82) is 0 Å². The molecule has 0 amide bonds. The van der Waals surface area contributed by atoms with Crippen molar-refractivity contribution in [1.82, 2.24) is 4.31 Å². The van der Waals surface area contributed by atoms with Crippen LogP contribution in [0.25, 0.3) is 0 Å². The summed E-state index contributed by atoms with van der Waals surface area (Å²) in [5.74, 6) is 0. The lowest BCUT2D eigenvalue weighted by molar-refractivity contribution is -0.0315. The molecule has 2 heterocycles. The maximum atomic E-state index is 14.2. The van der Waals surface area contributed by atoms with Crippen LogP contribution in [0, 0.1) is 12.3 Å². The Kier molecular flexibility index (Phi) is 4.27. The van der Waals surface area contributed by atoms with Gasteiger partial charge in [-0.1, -0.05) is 17.7 Å². The number of ether oxygens (including phenoxy) is 1. The van der Waals surface area contributed by atoms with Crippen LogP contribution in [-0.2, 0) is 14.8 Å². The minimum absolute atomic E-state index is 0.0428. The van der Waals surface area contributed by atoms with Crippen molar-refractivity contribution in [2.45, 2.75) is 37.3 Å². The molecule has 0 unspecified atom stereocenters. The van der Waals surface area contributed by atoms with E-state index in [1.165, 1.54) is 4.31 Å². The van der Waals surface area contributed by atoms with E-state index in [0.717, 1.165) is 18.4 Å². The Balaban J connectivity index is 1.87. The minimum atomic E-state index is -3.63. The van der Waals surface area contributed by atoms with Crippen molar-refractivity contribution >= 4 is 10.0 Å². The van der Waals surface area contributed by atoms with E-state index >= 15 is 0 Å². The molecule has 0 bridgehead atoms. The molecule has 22 heavy (non-hydrogen) atoms. The van der Waals surface area contributed by atoms with Crippen LogP contribution in [0.2, 0.25) is 0 Å². The summed E-state index contributed by atoms with van der Waals surface area (Å²) >= 11 is 0. The summed E-state index contributed by atoms with van der Waals surface area (Å²) in [4.78, 5) is 0.245. The Bertz CT molecular complexity index is 623. The van der Waals surface area contributed by atoms with Gasteiger partial charge in [-0.05, 0) is 43.7 Å². The van der Waals surface area contributed by atoms with Gasteiger partial charge in [-0.25, -0.2) is 12.8 Å². The van der Waals surface area contributed by atoms with Crippen molar-refractivity contribution in [2.24, 2.45) is 5.41 Å². The number of nitrogens with zero attached hydrogens (tertiary/aromatic N) is 1. The van der Waals surface area contributed by atoms with Crippen LogP contribution in [0.3, 0.4) is 0 Å². The highest BCUT2D eigenvalue weighted by molar-refractivity contribution is 7.89. The van der Waals surface area contributed by atoms with Gasteiger partial charge in [0.2, 0.25) is 10.0 Å². The van der Waals surface area contributed by atoms with Crippen LogP contribution in [0.1, 0.15) is 24.8 Å². The molecule has 122 valence electrons. The lowest BCUT2D eigenvalue weighted by Crippen LogP contribution is -2.52. The van der Waals surface area contributed by atoms with Gasteiger partial charge < -0.3 is 4.74 Å². The number of hydrogen-bond donors (Lipinski definition) is 0. The summed E-state index contributed by atoms with van der Waals surface area (Å²) in [5, 5.41) is 0. The summed E-state index contributed by atoms with van der Waals surface area (Å²) in [6.07, 6.45) is 0.795. The molecule has 0 aliphatic carbocycles. The standard InChI is InChI=1S/C16H22FNO3S/c1-13-2-4-15(5-3-13)22(19,20)18-11-14(17)10-16(12-18)6-8-21-9-7-16/h2-5,14H,6-12H2,1H3/t14-/m1/s1. The van der Waals surface area contributed by atoms with Crippen LogP contribution in [0.5, 0.6) is 0 Å². The molecule has 2 aliphatic heterocycles. The molecule has 1 aromatic carbocycles. The average Bonchev–Trinajstić information content (AvgIpc) is 2.47. The Morgan fingerprint density at radius 3 is 2.50 bits per heavy atom. The topological polar surface area (TPSA) is 46.6 Å². The van der Waals surface area contributed by atoms with Crippen molar-refractivity contribution in [2.75, 3.05) is 26.3 Å². The van der Waals surface area contributed by atoms with Crippen LogP contribution in [0.4, 0.5) is 4.39 Å². The van der Waals surface area contributed by atoms with Gasteiger partial charge in [0.25, 0.3) is 0 Å². The zero-order chi connectivity index (χ0) is 15.8. The fourth-order valence-electron chi connectivity index (χ4n) is 3.47. The SMILES string of the molecule is Cc1ccc(S(=O)(=O)N2C[C@H](F)CC3(CCOCC3)C2)cc1. The summed E-state index contributed by atoms with van der Waals surface area (Å²) in [6, 6.07) is 6.74. The molecule has 2 fully saturated rings. The molecular weight excluding hydrogens is 305 g/mol. The summed E-state index contributed by atoms with van der Waals surface area (Å²) in [6.45, 7) is 3.44. The maximum absolute atomic E-state index is 14.2. The van der Waals surface area contributed by atoms with Gasteiger partial charge in [0.05, 0.1) is 4.90 Å². The van der Waals surface area contributed by atoms with Gasteiger partial charge >= 0.3 is 0 Å². The number of benzene rings is 1. The molecule has 2 saturated heterocycles. The molecule has 1 atom stereocenters. The van der Waals surface area contributed by atoms with E-state index in [4.69, 9.17) is 4.74 Å². The monoisotopic (exact) mass is 327 g/mol. The van der Waals surface area contributed by atoms with E-state index < -0.39 is 16.2 Å². The maximum Gasteiger partial charge on any atom is 0.243 e. The van der Waals surface area contributed by atoms with Gasteiger partial charge in [0.1, 0.15) is 6.17 Å². The van der Waals surface area contributed by atoms with Crippen LogP contribution >= 0.6 is 0 Å². The molecule has 4 nitrogen and oxygen atoms in total. The third-order valence-corrected chi connectivity index (χ3v) is 6.61. The Hall–Kier alpha value is -0.980. The molecule has 0 aromatic heterocycles. The molecule has 6 heteroatoms. The van der Waals surface area contributed by atoms with Gasteiger partial charge in [-0.3, -0.25) is 0 Å². The fourth-order valence-corrected chi connectivity index (χ4v) is 5.05. The van der Waals surface area contributed by atoms with E-state index in [0.29, 0.717) is 26.2 Å². The highest BCUT2D eigenvalue weighted by Gasteiger charge is 2.44. The Morgan fingerprint density at radius 1 is 1.23 bits per heavy atom. The smallest absolute Gasteiger partial charge is 0.243 e. The average molecular weight is 327 g/mol. The van der Waals surface area contributed by atoms with E-state index in [1.54, 1.807) is 24.3 Å². The zero-order valence-corrected chi connectivity index (χ0v) is 13.6. The number of rotatable bonds is 2. The fraction of sp³-hybridized carbons (Fsp3) is 0.625.